The Morgan fingerprint density at radius 2 is 1.90 bits per heavy atom. The van der Waals surface area contributed by atoms with Crippen LogP contribution in [0.4, 0.5) is 15.8 Å². The van der Waals surface area contributed by atoms with E-state index in [1.807, 2.05) is 13.0 Å². The minimum absolute atomic E-state index is 0.298. The number of aryl methyl sites for hydroxylation is 1. The summed E-state index contributed by atoms with van der Waals surface area (Å²) in [6, 6.07) is 10.8. The molecule has 0 aliphatic rings. The highest BCUT2D eigenvalue weighted by Gasteiger charge is 2.15. The second kappa shape index (κ2) is 6.26. The molecule has 0 fully saturated rings. The molecule has 0 heterocycles. The van der Waals surface area contributed by atoms with E-state index in [0.717, 1.165) is 5.56 Å². The van der Waals surface area contributed by atoms with Gasteiger partial charge in [-0.05, 0) is 55.8 Å². The van der Waals surface area contributed by atoms with Gasteiger partial charge in [-0.2, -0.15) is 0 Å². The van der Waals surface area contributed by atoms with E-state index in [0.29, 0.717) is 17.1 Å². The van der Waals surface area contributed by atoms with Crippen molar-refractivity contribution in [2.75, 3.05) is 11.1 Å². The Balaban J connectivity index is 2.02. The average Bonchev–Trinajstić information content (AvgIpc) is 2.45. The van der Waals surface area contributed by atoms with Crippen molar-refractivity contribution in [2.24, 2.45) is 0 Å². The Morgan fingerprint density at radius 3 is 2.57 bits per heavy atom. The molecule has 0 saturated carbocycles. The number of halogens is 1. The Hall–Kier alpha value is -2.56. The number of rotatable bonds is 4. The summed E-state index contributed by atoms with van der Waals surface area (Å²) in [7, 11) is 0. The SMILES string of the molecule is Cc1ccc(N)cc1NC(=O)C(C)Oc1ccc(F)cc1. The summed E-state index contributed by atoms with van der Waals surface area (Å²) in [5, 5.41) is 2.76. The molecule has 1 unspecified atom stereocenters. The Kier molecular flexibility index (Phi) is 4.42. The summed E-state index contributed by atoms with van der Waals surface area (Å²) in [4.78, 5) is 12.1. The van der Waals surface area contributed by atoms with Gasteiger partial charge in [-0.1, -0.05) is 6.07 Å². The van der Waals surface area contributed by atoms with Crippen molar-refractivity contribution in [3.05, 3.63) is 53.8 Å². The Labute approximate surface area is 122 Å². The number of amides is 1. The molecule has 110 valence electrons. The lowest BCUT2D eigenvalue weighted by Gasteiger charge is -2.16. The smallest absolute Gasteiger partial charge is 0.265 e. The van der Waals surface area contributed by atoms with Gasteiger partial charge in [-0.25, -0.2) is 4.39 Å². The van der Waals surface area contributed by atoms with Gasteiger partial charge in [-0.3, -0.25) is 4.79 Å². The predicted molar refractivity (Wildman–Crippen MR) is 80.7 cm³/mol. The van der Waals surface area contributed by atoms with Gasteiger partial charge in [0.2, 0.25) is 0 Å². The lowest BCUT2D eigenvalue weighted by Crippen LogP contribution is -2.30. The fourth-order valence-corrected chi connectivity index (χ4v) is 1.78. The zero-order valence-electron chi connectivity index (χ0n) is 11.9. The molecule has 3 N–H and O–H groups in total. The topological polar surface area (TPSA) is 64.3 Å². The molecule has 0 bridgehead atoms. The highest BCUT2D eigenvalue weighted by molar-refractivity contribution is 5.95. The van der Waals surface area contributed by atoms with E-state index in [4.69, 9.17) is 10.5 Å². The van der Waals surface area contributed by atoms with Gasteiger partial charge in [0.25, 0.3) is 5.91 Å². The fraction of sp³-hybridized carbons (Fsp3) is 0.188. The maximum Gasteiger partial charge on any atom is 0.265 e. The lowest BCUT2D eigenvalue weighted by molar-refractivity contribution is -0.122. The van der Waals surface area contributed by atoms with Crippen LogP contribution in [0.25, 0.3) is 0 Å². The predicted octanol–water partition coefficient (Wildman–Crippen LogP) is 3.12. The molecule has 0 aliphatic heterocycles. The first-order valence-corrected chi connectivity index (χ1v) is 6.55. The Morgan fingerprint density at radius 1 is 1.24 bits per heavy atom. The van der Waals surface area contributed by atoms with Crippen molar-refractivity contribution in [3.63, 3.8) is 0 Å². The van der Waals surface area contributed by atoms with E-state index in [-0.39, 0.29) is 11.7 Å². The molecular formula is C16H17FN2O2. The molecule has 0 aliphatic carbocycles. The molecule has 0 saturated heterocycles. The minimum atomic E-state index is -0.712. The van der Waals surface area contributed by atoms with Crippen molar-refractivity contribution in [2.45, 2.75) is 20.0 Å². The number of anilines is 2. The fourth-order valence-electron chi connectivity index (χ4n) is 1.78. The van der Waals surface area contributed by atoms with E-state index in [1.165, 1.54) is 24.3 Å². The molecule has 2 aromatic carbocycles. The number of ether oxygens (including phenoxy) is 1. The van der Waals surface area contributed by atoms with Crippen molar-refractivity contribution in [3.8, 4) is 5.75 Å². The number of hydrogen-bond acceptors (Lipinski definition) is 3. The van der Waals surface area contributed by atoms with Gasteiger partial charge in [0, 0.05) is 11.4 Å². The van der Waals surface area contributed by atoms with Gasteiger partial charge < -0.3 is 15.8 Å². The van der Waals surface area contributed by atoms with Gasteiger partial charge >= 0.3 is 0 Å². The number of hydrogen-bond donors (Lipinski definition) is 2. The molecule has 21 heavy (non-hydrogen) atoms. The first kappa shape index (κ1) is 14.8. The zero-order valence-corrected chi connectivity index (χ0v) is 11.9. The van der Waals surface area contributed by atoms with Gasteiger partial charge in [-0.15, -0.1) is 0 Å². The van der Waals surface area contributed by atoms with Crippen LogP contribution >= 0.6 is 0 Å². The first-order valence-electron chi connectivity index (χ1n) is 6.55. The normalized spacial score (nSPS) is 11.8. The number of nitrogens with one attached hydrogen (secondary N) is 1. The summed E-state index contributed by atoms with van der Waals surface area (Å²) in [6.45, 7) is 3.50. The molecule has 2 rings (SSSR count). The van der Waals surface area contributed by atoms with E-state index in [2.05, 4.69) is 5.32 Å². The molecule has 4 nitrogen and oxygen atoms in total. The third-order valence-electron chi connectivity index (χ3n) is 3.02. The molecule has 0 aromatic heterocycles. The molecule has 2 aromatic rings. The van der Waals surface area contributed by atoms with E-state index in [1.54, 1.807) is 19.1 Å². The highest BCUT2D eigenvalue weighted by Crippen LogP contribution is 2.19. The summed E-state index contributed by atoms with van der Waals surface area (Å²) in [6.07, 6.45) is -0.712. The van der Waals surface area contributed by atoms with Crippen LogP contribution in [0.2, 0.25) is 0 Å². The quantitative estimate of drug-likeness (QED) is 0.850. The van der Waals surface area contributed by atoms with Gasteiger partial charge in [0.05, 0.1) is 0 Å². The maximum atomic E-state index is 12.8. The monoisotopic (exact) mass is 288 g/mol. The van der Waals surface area contributed by atoms with Crippen LogP contribution in [0, 0.1) is 12.7 Å². The molecule has 0 radical (unpaired) electrons. The highest BCUT2D eigenvalue weighted by atomic mass is 19.1. The molecular weight excluding hydrogens is 271 g/mol. The van der Waals surface area contributed by atoms with Crippen LogP contribution in [0.15, 0.2) is 42.5 Å². The number of nitrogens with two attached hydrogens (primary N) is 1. The van der Waals surface area contributed by atoms with Crippen LogP contribution < -0.4 is 15.8 Å². The molecule has 5 heteroatoms. The number of carbonyl (C=O) groups excluding carboxylic acids is 1. The standard InChI is InChI=1S/C16H17FN2O2/c1-10-3-6-13(18)9-15(10)19-16(20)11(2)21-14-7-4-12(17)5-8-14/h3-9,11H,18H2,1-2H3,(H,19,20). The van der Waals surface area contributed by atoms with Crippen molar-refractivity contribution in [1.82, 2.24) is 0 Å². The second-order valence-electron chi connectivity index (χ2n) is 4.78. The molecule has 1 amide bonds. The average molecular weight is 288 g/mol. The van der Waals surface area contributed by atoms with E-state index < -0.39 is 6.10 Å². The molecule has 0 spiro atoms. The van der Waals surface area contributed by atoms with E-state index in [9.17, 15) is 9.18 Å². The van der Waals surface area contributed by atoms with Crippen molar-refractivity contribution < 1.29 is 13.9 Å². The number of benzene rings is 2. The van der Waals surface area contributed by atoms with Gasteiger partial charge in [0.1, 0.15) is 11.6 Å². The largest absolute Gasteiger partial charge is 0.481 e. The van der Waals surface area contributed by atoms with Crippen molar-refractivity contribution in [1.29, 1.82) is 0 Å². The minimum Gasteiger partial charge on any atom is -0.481 e. The summed E-state index contributed by atoms with van der Waals surface area (Å²) in [5.74, 6) is -0.216. The third kappa shape index (κ3) is 3.95. The first-order chi connectivity index (χ1) is 9.95. The van der Waals surface area contributed by atoms with Crippen LogP contribution in [-0.2, 0) is 4.79 Å². The number of carbonyl (C=O) groups is 1. The third-order valence-corrected chi connectivity index (χ3v) is 3.02. The van der Waals surface area contributed by atoms with E-state index >= 15 is 0 Å². The second-order valence-corrected chi connectivity index (χ2v) is 4.78. The van der Waals surface area contributed by atoms with Crippen LogP contribution in [-0.4, -0.2) is 12.0 Å². The lowest BCUT2D eigenvalue weighted by atomic mass is 10.1. The Bertz CT molecular complexity index is 641. The van der Waals surface area contributed by atoms with Crippen LogP contribution in [0.5, 0.6) is 5.75 Å². The van der Waals surface area contributed by atoms with Crippen molar-refractivity contribution >= 4 is 17.3 Å². The number of nitrogen functional groups attached to an aromatic ring is 1. The summed E-state index contributed by atoms with van der Waals surface area (Å²) >= 11 is 0. The zero-order chi connectivity index (χ0) is 15.4. The summed E-state index contributed by atoms with van der Waals surface area (Å²) in [5.41, 5.74) is 7.83. The maximum absolute atomic E-state index is 12.8. The van der Waals surface area contributed by atoms with Crippen LogP contribution in [0.1, 0.15) is 12.5 Å². The van der Waals surface area contributed by atoms with Crippen LogP contribution in [0.3, 0.4) is 0 Å². The molecule has 1 atom stereocenters. The van der Waals surface area contributed by atoms with Gasteiger partial charge in [0.15, 0.2) is 6.10 Å². The summed E-state index contributed by atoms with van der Waals surface area (Å²) < 4.78 is 18.3.